The number of aliphatic hydroxyl groups excluding tert-OH is 1. The van der Waals surface area contributed by atoms with Crippen LogP contribution in [-0.4, -0.2) is 30.4 Å². The second-order valence-electron chi connectivity index (χ2n) is 5.33. The maximum Gasteiger partial charge on any atom is 0.240 e. The Kier molecular flexibility index (Phi) is 5.35. The van der Waals surface area contributed by atoms with Crippen molar-refractivity contribution < 1.29 is 18.3 Å². The molecule has 2 N–H and O–H groups in total. The minimum absolute atomic E-state index is 0.0934. The molecular weight excluding hydrogens is 316 g/mol. The van der Waals surface area contributed by atoms with Gasteiger partial charge in [0.05, 0.1) is 11.0 Å². The van der Waals surface area contributed by atoms with Gasteiger partial charge in [0.1, 0.15) is 0 Å². The van der Waals surface area contributed by atoms with Crippen molar-refractivity contribution in [1.82, 2.24) is 9.29 Å². The Morgan fingerprint density at radius 1 is 1.26 bits per heavy atom. The van der Waals surface area contributed by atoms with Gasteiger partial charge in [0.25, 0.3) is 0 Å². The van der Waals surface area contributed by atoms with Gasteiger partial charge in [-0.25, -0.2) is 13.1 Å². The third kappa shape index (κ3) is 4.28. The zero-order chi connectivity index (χ0) is 17.0. The van der Waals surface area contributed by atoms with Crippen LogP contribution in [0.3, 0.4) is 0 Å². The number of carbonyl (C=O) groups is 1. The molecule has 0 fully saturated rings. The van der Waals surface area contributed by atoms with Crippen molar-refractivity contribution in [3.05, 3.63) is 53.9 Å². The van der Waals surface area contributed by atoms with Gasteiger partial charge in [-0.2, -0.15) is 0 Å². The molecule has 1 aromatic heterocycles. The molecule has 0 aliphatic heterocycles. The number of aromatic nitrogens is 1. The first kappa shape index (κ1) is 17.4. The summed E-state index contributed by atoms with van der Waals surface area (Å²) in [6.45, 7) is 1.54. The molecule has 1 unspecified atom stereocenters. The summed E-state index contributed by atoms with van der Waals surface area (Å²) in [4.78, 5) is 11.3. The third-order valence-electron chi connectivity index (χ3n) is 3.61. The van der Waals surface area contributed by atoms with E-state index in [4.69, 9.17) is 0 Å². The summed E-state index contributed by atoms with van der Waals surface area (Å²) in [6.07, 6.45) is 1.35. The first-order valence-electron chi connectivity index (χ1n) is 7.21. The number of nitrogens with one attached hydrogen (secondary N) is 1. The fraction of sp³-hybridized carbons (Fsp3) is 0.312. The van der Waals surface area contributed by atoms with E-state index in [0.29, 0.717) is 5.56 Å². The summed E-state index contributed by atoms with van der Waals surface area (Å²) in [5.74, 6) is -0.118. The Morgan fingerprint density at radius 2 is 1.91 bits per heavy atom. The Hall–Kier alpha value is -1.96. The van der Waals surface area contributed by atoms with E-state index in [2.05, 4.69) is 4.72 Å². The highest BCUT2D eigenvalue weighted by Crippen LogP contribution is 2.16. The lowest BCUT2D eigenvalue weighted by atomic mass is 10.2. The molecule has 0 saturated carbocycles. The van der Waals surface area contributed by atoms with Gasteiger partial charge in [0.15, 0.2) is 5.78 Å². The summed E-state index contributed by atoms with van der Waals surface area (Å²) in [6, 6.07) is 9.36. The fourth-order valence-corrected chi connectivity index (χ4v) is 3.30. The maximum absolute atomic E-state index is 12.2. The van der Waals surface area contributed by atoms with Gasteiger partial charge in [-0.1, -0.05) is 12.1 Å². The van der Waals surface area contributed by atoms with E-state index in [1.165, 1.54) is 31.2 Å². The molecule has 6 nitrogen and oxygen atoms in total. The van der Waals surface area contributed by atoms with Crippen LogP contribution < -0.4 is 4.72 Å². The van der Waals surface area contributed by atoms with Gasteiger partial charge >= 0.3 is 0 Å². The minimum atomic E-state index is -3.66. The molecule has 0 amide bonds. The average Bonchev–Trinajstić information content (AvgIpc) is 2.93. The quantitative estimate of drug-likeness (QED) is 0.752. The molecule has 23 heavy (non-hydrogen) atoms. The normalized spacial score (nSPS) is 13.0. The van der Waals surface area contributed by atoms with Gasteiger partial charge in [-0.15, -0.1) is 0 Å². The van der Waals surface area contributed by atoms with Crippen molar-refractivity contribution in [2.75, 3.05) is 6.54 Å². The van der Waals surface area contributed by atoms with Crippen LogP contribution in [-0.2, 0) is 17.1 Å². The van der Waals surface area contributed by atoms with E-state index in [9.17, 15) is 18.3 Å². The number of aryl methyl sites for hydroxylation is 1. The summed E-state index contributed by atoms with van der Waals surface area (Å²) in [7, 11) is -1.84. The van der Waals surface area contributed by atoms with Crippen molar-refractivity contribution in [3.63, 3.8) is 0 Å². The SMILES string of the molecule is CC(=O)c1ccc(S(=O)(=O)NCCC(O)c2cccn2C)cc1. The molecule has 0 bridgehead atoms. The molecule has 0 spiro atoms. The maximum atomic E-state index is 12.2. The van der Waals surface area contributed by atoms with Crippen molar-refractivity contribution in [1.29, 1.82) is 0 Å². The smallest absolute Gasteiger partial charge is 0.240 e. The Labute approximate surface area is 135 Å². The zero-order valence-electron chi connectivity index (χ0n) is 13.1. The van der Waals surface area contributed by atoms with Crippen LogP contribution in [0.5, 0.6) is 0 Å². The zero-order valence-corrected chi connectivity index (χ0v) is 13.9. The number of carbonyl (C=O) groups excluding carboxylic acids is 1. The summed E-state index contributed by atoms with van der Waals surface area (Å²) < 4.78 is 28.6. The van der Waals surface area contributed by atoms with Gasteiger partial charge in [0, 0.05) is 31.0 Å². The molecule has 1 aromatic carbocycles. The highest BCUT2D eigenvalue weighted by molar-refractivity contribution is 7.89. The Morgan fingerprint density at radius 3 is 2.43 bits per heavy atom. The fourth-order valence-electron chi connectivity index (χ4n) is 2.25. The molecule has 0 aliphatic rings. The lowest BCUT2D eigenvalue weighted by Crippen LogP contribution is -2.26. The van der Waals surface area contributed by atoms with Crippen LogP contribution in [0.2, 0.25) is 0 Å². The predicted molar refractivity (Wildman–Crippen MR) is 86.6 cm³/mol. The van der Waals surface area contributed by atoms with Gasteiger partial charge in [0.2, 0.25) is 10.0 Å². The summed E-state index contributed by atoms with van der Waals surface area (Å²) in [5, 5.41) is 10.1. The van der Waals surface area contributed by atoms with E-state index in [1.54, 1.807) is 10.6 Å². The molecule has 1 heterocycles. The monoisotopic (exact) mass is 336 g/mol. The second-order valence-corrected chi connectivity index (χ2v) is 7.09. The van der Waals surface area contributed by atoms with Crippen molar-refractivity contribution >= 4 is 15.8 Å². The number of aliphatic hydroxyl groups is 1. The van der Waals surface area contributed by atoms with Gasteiger partial charge in [-0.05, 0) is 37.6 Å². The van der Waals surface area contributed by atoms with Crippen molar-refractivity contribution in [2.45, 2.75) is 24.3 Å². The third-order valence-corrected chi connectivity index (χ3v) is 5.08. The number of nitrogens with zero attached hydrogens (tertiary/aromatic N) is 1. The number of benzene rings is 1. The number of rotatable bonds is 7. The van der Waals surface area contributed by atoms with Crippen LogP contribution in [0.1, 0.15) is 35.5 Å². The van der Waals surface area contributed by atoms with Crippen LogP contribution >= 0.6 is 0 Å². The highest BCUT2D eigenvalue weighted by atomic mass is 32.2. The highest BCUT2D eigenvalue weighted by Gasteiger charge is 2.16. The van der Waals surface area contributed by atoms with E-state index >= 15 is 0 Å². The van der Waals surface area contributed by atoms with Gasteiger partial charge in [-0.3, -0.25) is 4.79 Å². The largest absolute Gasteiger partial charge is 0.387 e. The summed E-state index contributed by atoms with van der Waals surface area (Å²) in [5.41, 5.74) is 1.19. The van der Waals surface area contributed by atoms with E-state index in [-0.39, 0.29) is 23.6 Å². The molecule has 0 saturated heterocycles. The first-order chi connectivity index (χ1) is 10.8. The van der Waals surface area contributed by atoms with Crippen LogP contribution in [0.25, 0.3) is 0 Å². The Balaban J connectivity index is 1.96. The number of ketones is 1. The number of hydrogen-bond acceptors (Lipinski definition) is 4. The lowest BCUT2D eigenvalue weighted by molar-refractivity contribution is 0.101. The molecule has 2 aromatic rings. The second kappa shape index (κ2) is 7.08. The average molecular weight is 336 g/mol. The number of Topliss-reactive ketones (excluding diaryl/α,β-unsaturated/α-hetero) is 1. The van der Waals surface area contributed by atoms with Gasteiger partial charge < -0.3 is 9.67 Å². The molecule has 2 rings (SSSR count). The Bertz CT molecular complexity index is 779. The molecule has 7 heteroatoms. The topological polar surface area (TPSA) is 88.4 Å². The molecular formula is C16H20N2O4S. The standard InChI is InChI=1S/C16H20N2O4S/c1-12(19)13-5-7-14(8-6-13)23(21,22)17-10-9-16(20)15-4-3-11-18(15)2/h3-8,11,16-17,20H,9-10H2,1-2H3. The predicted octanol–water partition coefficient (Wildman–Crippen LogP) is 1.63. The first-order valence-corrected chi connectivity index (χ1v) is 8.69. The van der Waals surface area contributed by atoms with Crippen molar-refractivity contribution in [3.8, 4) is 0 Å². The van der Waals surface area contributed by atoms with Crippen LogP contribution in [0.4, 0.5) is 0 Å². The minimum Gasteiger partial charge on any atom is -0.387 e. The number of hydrogen-bond donors (Lipinski definition) is 2. The van der Waals surface area contributed by atoms with Crippen LogP contribution in [0.15, 0.2) is 47.5 Å². The number of sulfonamides is 1. The van der Waals surface area contributed by atoms with Crippen LogP contribution in [0, 0.1) is 0 Å². The molecule has 124 valence electrons. The van der Waals surface area contributed by atoms with E-state index < -0.39 is 16.1 Å². The molecule has 0 aliphatic carbocycles. The molecule has 0 radical (unpaired) electrons. The van der Waals surface area contributed by atoms with E-state index in [0.717, 1.165) is 5.69 Å². The lowest BCUT2D eigenvalue weighted by Gasteiger charge is -2.13. The van der Waals surface area contributed by atoms with Crippen molar-refractivity contribution in [2.24, 2.45) is 7.05 Å². The molecule has 1 atom stereocenters. The van der Waals surface area contributed by atoms with E-state index in [1.807, 2.05) is 19.3 Å². The summed E-state index contributed by atoms with van der Waals surface area (Å²) >= 11 is 0.